The number of hydrogen-bond acceptors (Lipinski definition) is 5. The SMILES string of the molecule is CCNc1nc(CC)nc(NC(C)CCSCC)c1C. The van der Waals surface area contributed by atoms with Crippen molar-refractivity contribution in [3.05, 3.63) is 11.4 Å². The first-order valence-electron chi connectivity index (χ1n) is 7.57. The lowest BCUT2D eigenvalue weighted by Gasteiger charge is -2.18. The second kappa shape index (κ2) is 9.06. The van der Waals surface area contributed by atoms with Crippen LogP contribution in [0.2, 0.25) is 0 Å². The zero-order valence-electron chi connectivity index (χ0n) is 13.4. The van der Waals surface area contributed by atoms with Crippen LogP contribution >= 0.6 is 11.8 Å². The molecule has 0 aliphatic carbocycles. The molecular weight excluding hydrogens is 268 g/mol. The summed E-state index contributed by atoms with van der Waals surface area (Å²) in [7, 11) is 0. The molecule has 0 fully saturated rings. The monoisotopic (exact) mass is 296 g/mol. The van der Waals surface area contributed by atoms with Crippen LogP contribution in [0.1, 0.15) is 45.5 Å². The molecule has 1 unspecified atom stereocenters. The van der Waals surface area contributed by atoms with Crippen LogP contribution in [0.25, 0.3) is 0 Å². The summed E-state index contributed by atoms with van der Waals surface area (Å²) < 4.78 is 0. The fraction of sp³-hybridized carbons (Fsp3) is 0.733. The molecule has 20 heavy (non-hydrogen) atoms. The van der Waals surface area contributed by atoms with Crippen LogP contribution in [0.4, 0.5) is 11.6 Å². The first-order valence-corrected chi connectivity index (χ1v) is 8.73. The lowest BCUT2D eigenvalue weighted by Crippen LogP contribution is -2.19. The van der Waals surface area contributed by atoms with Crippen LogP contribution in [0.3, 0.4) is 0 Å². The fourth-order valence-electron chi connectivity index (χ4n) is 1.91. The number of thioether (sulfide) groups is 1. The van der Waals surface area contributed by atoms with E-state index in [1.165, 1.54) is 11.5 Å². The van der Waals surface area contributed by atoms with Crippen LogP contribution in [0.5, 0.6) is 0 Å². The minimum atomic E-state index is 0.432. The van der Waals surface area contributed by atoms with Gasteiger partial charge in [-0.15, -0.1) is 0 Å². The van der Waals surface area contributed by atoms with E-state index < -0.39 is 0 Å². The topological polar surface area (TPSA) is 49.8 Å². The Kier molecular flexibility index (Phi) is 7.73. The summed E-state index contributed by atoms with van der Waals surface area (Å²) in [5, 5.41) is 6.86. The third-order valence-corrected chi connectivity index (χ3v) is 4.07. The first kappa shape index (κ1) is 17.1. The van der Waals surface area contributed by atoms with Crippen LogP contribution in [0.15, 0.2) is 0 Å². The molecular formula is C15H28N4S. The largest absolute Gasteiger partial charge is 0.370 e. The highest BCUT2D eigenvalue weighted by Gasteiger charge is 2.11. The van der Waals surface area contributed by atoms with Crippen LogP contribution in [-0.4, -0.2) is 34.1 Å². The Hall–Kier alpha value is -0.970. The number of rotatable bonds is 9. The molecule has 0 saturated heterocycles. The second-order valence-corrected chi connectivity index (χ2v) is 6.27. The standard InChI is InChI=1S/C15H28N4S/c1-6-13-18-14(16-7-2)12(5)15(19-13)17-11(4)9-10-20-8-3/h11H,6-10H2,1-5H3,(H2,16,17,18,19). The van der Waals surface area contributed by atoms with Gasteiger partial charge in [0.2, 0.25) is 0 Å². The van der Waals surface area contributed by atoms with Gasteiger partial charge in [-0.2, -0.15) is 11.8 Å². The highest BCUT2D eigenvalue weighted by atomic mass is 32.2. The van der Waals surface area contributed by atoms with Crippen molar-refractivity contribution < 1.29 is 0 Å². The zero-order chi connectivity index (χ0) is 15.0. The number of aromatic nitrogens is 2. The molecule has 0 aromatic carbocycles. The average molecular weight is 296 g/mol. The summed E-state index contributed by atoms with van der Waals surface area (Å²) in [4.78, 5) is 9.19. The number of hydrogen-bond donors (Lipinski definition) is 2. The van der Waals surface area contributed by atoms with Crippen molar-refractivity contribution in [1.82, 2.24) is 9.97 Å². The summed E-state index contributed by atoms with van der Waals surface area (Å²) >= 11 is 1.99. The Morgan fingerprint density at radius 3 is 2.45 bits per heavy atom. The van der Waals surface area contributed by atoms with Gasteiger partial charge in [-0.25, -0.2) is 9.97 Å². The second-order valence-electron chi connectivity index (χ2n) is 4.88. The molecule has 0 aliphatic rings. The number of nitrogens with zero attached hydrogens (tertiary/aromatic N) is 2. The fourth-order valence-corrected chi connectivity index (χ4v) is 2.72. The van der Waals surface area contributed by atoms with Gasteiger partial charge in [0.15, 0.2) is 0 Å². The van der Waals surface area contributed by atoms with Gasteiger partial charge >= 0.3 is 0 Å². The molecule has 0 aliphatic heterocycles. The predicted molar refractivity (Wildman–Crippen MR) is 91.0 cm³/mol. The summed E-state index contributed by atoms with van der Waals surface area (Å²) in [6.45, 7) is 11.6. The lowest BCUT2D eigenvalue weighted by molar-refractivity contribution is 0.760. The lowest BCUT2D eigenvalue weighted by atomic mass is 10.2. The smallest absolute Gasteiger partial charge is 0.134 e. The summed E-state index contributed by atoms with van der Waals surface area (Å²) in [5.74, 6) is 5.20. The van der Waals surface area contributed by atoms with Crippen molar-refractivity contribution in [3.63, 3.8) is 0 Å². The highest BCUT2D eigenvalue weighted by molar-refractivity contribution is 7.99. The van der Waals surface area contributed by atoms with Gasteiger partial charge in [-0.3, -0.25) is 0 Å². The Labute approximate surface area is 127 Å². The van der Waals surface area contributed by atoms with Gasteiger partial charge in [0.25, 0.3) is 0 Å². The summed E-state index contributed by atoms with van der Waals surface area (Å²) in [5.41, 5.74) is 1.11. The maximum Gasteiger partial charge on any atom is 0.134 e. The van der Waals surface area contributed by atoms with E-state index in [9.17, 15) is 0 Å². The molecule has 1 atom stereocenters. The van der Waals surface area contributed by atoms with E-state index >= 15 is 0 Å². The Balaban J connectivity index is 2.79. The Morgan fingerprint density at radius 1 is 1.15 bits per heavy atom. The van der Waals surface area contributed by atoms with Crippen LogP contribution in [0, 0.1) is 6.92 Å². The number of nitrogens with one attached hydrogen (secondary N) is 2. The molecule has 2 N–H and O–H groups in total. The molecule has 0 bridgehead atoms. The zero-order valence-corrected chi connectivity index (χ0v) is 14.2. The van der Waals surface area contributed by atoms with E-state index in [1.54, 1.807) is 0 Å². The molecule has 1 rings (SSSR count). The van der Waals surface area contributed by atoms with Gasteiger partial charge in [0, 0.05) is 24.6 Å². The number of anilines is 2. The van der Waals surface area contributed by atoms with Crippen molar-refractivity contribution in [2.24, 2.45) is 0 Å². The first-order chi connectivity index (χ1) is 9.62. The van der Waals surface area contributed by atoms with E-state index in [-0.39, 0.29) is 0 Å². The molecule has 0 amide bonds. The minimum absolute atomic E-state index is 0.432. The van der Waals surface area contributed by atoms with Gasteiger partial charge in [-0.1, -0.05) is 13.8 Å². The molecule has 1 aromatic heterocycles. The maximum atomic E-state index is 4.63. The van der Waals surface area contributed by atoms with E-state index in [2.05, 4.69) is 55.2 Å². The molecule has 114 valence electrons. The quantitative estimate of drug-likeness (QED) is 0.680. The molecule has 1 aromatic rings. The Morgan fingerprint density at radius 2 is 1.85 bits per heavy atom. The minimum Gasteiger partial charge on any atom is -0.370 e. The van der Waals surface area contributed by atoms with Crippen molar-refractivity contribution in [1.29, 1.82) is 0 Å². The normalized spacial score (nSPS) is 12.2. The molecule has 0 saturated carbocycles. The molecule has 4 nitrogen and oxygen atoms in total. The summed E-state index contributed by atoms with van der Waals surface area (Å²) in [6.07, 6.45) is 2.01. The van der Waals surface area contributed by atoms with Crippen LogP contribution in [-0.2, 0) is 6.42 Å². The van der Waals surface area contributed by atoms with Crippen molar-refractivity contribution in [2.45, 2.75) is 53.5 Å². The van der Waals surface area contributed by atoms with E-state index in [0.29, 0.717) is 6.04 Å². The van der Waals surface area contributed by atoms with Crippen LogP contribution < -0.4 is 10.6 Å². The van der Waals surface area contributed by atoms with Gasteiger partial charge in [0.05, 0.1) is 0 Å². The average Bonchev–Trinajstić information content (AvgIpc) is 2.43. The van der Waals surface area contributed by atoms with E-state index in [1.807, 2.05) is 11.8 Å². The van der Waals surface area contributed by atoms with Crippen molar-refractivity contribution in [2.75, 3.05) is 28.7 Å². The molecule has 1 heterocycles. The van der Waals surface area contributed by atoms with Gasteiger partial charge < -0.3 is 10.6 Å². The van der Waals surface area contributed by atoms with Gasteiger partial charge in [0.1, 0.15) is 17.5 Å². The van der Waals surface area contributed by atoms with E-state index in [0.717, 1.165) is 42.4 Å². The maximum absolute atomic E-state index is 4.63. The van der Waals surface area contributed by atoms with Crippen molar-refractivity contribution >= 4 is 23.4 Å². The van der Waals surface area contributed by atoms with Crippen molar-refractivity contribution in [3.8, 4) is 0 Å². The predicted octanol–water partition coefficient (Wildman–Crippen LogP) is 3.72. The third kappa shape index (κ3) is 5.19. The molecule has 0 spiro atoms. The van der Waals surface area contributed by atoms with Gasteiger partial charge in [-0.05, 0) is 38.7 Å². The third-order valence-electron chi connectivity index (χ3n) is 3.14. The molecule has 5 heteroatoms. The molecule has 0 radical (unpaired) electrons. The highest BCUT2D eigenvalue weighted by Crippen LogP contribution is 2.21. The Bertz CT molecular complexity index is 409. The van der Waals surface area contributed by atoms with E-state index in [4.69, 9.17) is 0 Å². The summed E-state index contributed by atoms with van der Waals surface area (Å²) in [6, 6.07) is 0.432. The number of aryl methyl sites for hydroxylation is 1.